The zero-order valence-electron chi connectivity index (χ0n) is 14.7. The van der Waals surface area contributed by atoms with Gasteiger partial charge >= 0.3 is 5.97 Å². The Kier molecular flexibility index (Phi) is 3.07. The van der Waals surface area contributed by atoms with Crippen LogP contribution in [-0.4, -0.2) is 28.1 Å². The van der Waals surface area contributed by atoms with Gasteiger partial charge in [-0.25, -0.2) is 0 Å². The van der Waals surface area contributed by atoms with E-state index < -0.39 is 17.0 Å². The number of fused-ring (bicyclic) bond motifs is 3. The van der Waals surface area contributed by atoms with Crippen LogP contribution in [0.15, 0.2) is 12.2 Å². The van der Waals surface area contributed by atoms with Crippen LogP contribution >= 0.6 is 0 Å². The molecule has 4 nitrogen and oxygen atoms in total. The summed E-state index contributed by atoms with van der Waals surface area (Å²) >= 11 is 0. The number of rotatable bonds is 2. The van der Waals surface area contributed by atoms with E-state index in [2.05, 4.69) is 13.5 Å². The summed E-state index contributed by atoms with van der Waals surface area (Å²) in [6.07, 6.45) is 6.41. The molecule has 0 aliphatic heterocycles. The molecule has 4 aliphatic carbocycles. The van der Waals surface area contributed by atoms with Gasteiger partial charge in [0.15, 0.2) is 0 Å². The molecule has 0 heterocycles. The SMILES string of the molecule is C=C1C[C@]23C[C@@]1(O)CC[C@H]2[C@]1(C)CCC[C@@](C)(C(=O)O)[C@H]1[C@@H]3C=O. The summed E-state index contributed by atoms with van der Waals surface area (Å²) in [6, 6.07) is 0. The van der Waals surface area contributed by atoms with Crippen molar-refractivity contribution in [3.63, 3.8) is 0 Å². The minimum absolute atomic E-state index is 0.136. The minimum atomic E-state index is -0.854. The van der Waals surface area contributed by atoms with Gasteiger partial charge in [0.2, 0.25) is 0 Å². The van der Waals surface area contributed by atoms with E-state index in [0.29, 0.717) is 31.6 Å². The Hall–Kier alpha value is -1.16. The van der Waals surface area contributed by atoms with Crippen LogP contribution < -0.4 is 0 Å². The van der Waals surface area contributed by atoms with Crippen molar-refractivity contribution in [3.8, 4) is 0 Å². The Labute approximate surface area is 143 Å². The van der Waals surface area contributed by atoms with Gasteiger partial charge in [0.05, 0.1) is 11.0 Å². The zero-order valence-corrected chi connectivity index (χ0v) is 14.7. The van der Waals surface area contributed by atoms with E-state index in [1.807, 2.05) is 6.92 Å². The molecular weight excluding hydrogens is 304 g/mol. The second kappa shape index (κ2) is 4.51. The molecule has 0 unspecified atom stereocenters. The maximum atomic E-state index is 12.3. The third-order valence-corrected chi connectivity index (χ3v) is 8.63. The number of hydrogen-bond acceptors (Lipinski definition) is 3. The van der Waals surface area contributed by atoms with E-state index in [9.17, 15) is 19.8 Å². The molecule has 4 saturated carbocycles. The summed E-state index contributed by atoms with van der Waals surface area (Å²) in [4.78, 5) is 24.4. The molecule has 0 aromatic carbocycles. The maximum Gasteiger partial charge on any atom is 0.309 e. The summed E-state index contributed by atoms with van der Waals surface area (Å²) in [6.45, 7) is 8.19. The standard InChI is InChI=1S/C20H28O4/c1-12-9-19-11-20(12,24)8-5-14(19)17(2)6-4-7-18(3,16(22)23)15(17)13(19)10-21/h10,13-15,24H,1,4-9,11H2,2-3H3,(H,22,23)/t13-,14-,15-,17-,18+,19+,20-/m0/s1. The van der Waals surface area contributed by atoms with Gasteiger partial charge in [-0.05, 0) is 73.7 Å². The summed E-state index contributed by atoms with van der Waals surface area (Å²) in [5, 5.41) is 21.0. The average molecular weight is 332 g/mol. The lowest BCUT2D eigenvalue weighted by atomic mass is 9.53. The van der Waals surface area contributed by atoms with Gasteiger partial charge in [0.1, 0.15) is 6.29 Å². The average Bonchev–Trinajstić information content (AvgIpc) is 2.83. The Morgan fingerprint density at radius 2 is 2.00 bits per heavy atom. The first-order valence-electron chi connectivity index (χ1n) is 9.23. The van der Waals surface area contributed by atoms with Crippen molar-refractivity contribution in [2.24, 2.45) is 34.0 Å². The van der Waals surface area contributed by atoms with Crippen LogP contribution in [0, 0.1) is 34.0 Å². The van der Waals surface area contributed by atoms with E-state index in [0.717, 1.165) is 31.1 Å². The number of carboxylic acid groups (broad SMARTS) is 1. The lowest BCUT2D eigenvalue weighted by molar-refractivity contribution is -0.161. The molecule has 4 fully saturated rings. The van der Waals surface area contributed by atoms with Gasteiger partial charge in [-0.15, -0.1) is 0 Å². The molecule has 2 bridgehead atoms. The Bertz CT molecular complexity index is 642. The highest BCUT2D eigenvalue weighted by atomic mass is 16.4. The van der Waals surface area contributed by atoms with Gasteiger partial charge in [0, 0.05) is 5.92 Å². The van der Waals surface area contributed by atoms with Crippen LogP contribution in [0.4, 0.5) is 0 Å². The number of carboxylic acids is 1. The number of hydrogen-bond donors (Lipinski definition) is 2. The predicted octanol–water partition coefficient (Wildman–Crippen LogP) is 3.19. The van der Waals surface area contributed by atoms with Gasteiger partial charge in [-0.2, -0.15) is 0 Å². The first-order chi connectivity index (χ1) is 11.1. The molecule has 0 radical (unpaired) electrons. The molecule has 24 heavy (non-hydrogen) atoms. The molecule has 0 aromatic heterocycles. The third kappa shape index (κ3) is 1.59. The maximum absolute atomic E-state index is 12.3. The number of carbonyl (C=O) groups excluding carboxylic acids is 1. The topological polar surface area (TPSA) is 74.6 Å². The molecular formula is C20H28O4. The van der Waals surface area contributed by atoms with Crippen LogP contribution in [-0.2, 0) is 9.59 Å². The highest BCUT2D eigenvalue weighted by Gasteiger charge is 2.75. The Morgan fingerprint density at radius 3 is 2.62 bits per heavy atom. The van der Waals surface area contributed by atoms with Crippen LogP contribution in [0.5, 0.6) is 0 Å². The van der Waals surface area contributed by atoms with Crippen molar-refractivity contribution in [2.75, 3.05) is 0 Å². The van der Waals surface area contributed by atoms with E-state index in [1.54, 1.807) is 0 Å². The predicted molar refractivity (Wildman–Crippen MR) is 89.2 cm³/mol. The molecule has 7 atom stereocenters. The Balaban J connectivity index is 1.91. The normalized spacial score (nSPS) is 55.8. The molecule has 0 saturated heterocycles. The first kappa shape index (κ1) is 16.3. The molecule has 0 aromatic rings. The van der Waals surface area contributed by atoms with E-state index in [1.165, 1.54) is 0 Å². The van der Waals surface area contributed by atoms with Gasteiger partial charge < -0.3 is 15.0 Å². The molecule has 4 heteroatoms. The van der Waals surface area contributed by atoms with E-state index in [-0.39, 0.29) is 22.7 Å². The smallest absolute Gasteiger partial charge is 0.309 e. The van der Waals surface area contributed by atoms with Crippen LogP contribution in [0.25, 0.3) is 0 Å². The highest BCUT2D eigenvalue weighted by Crippen LogP contribution is 2.77. The van der Waals surface area contributed by atoms with Crippen molar-refractivity contribution in [1.29, 1.82) is 0 Å². The zero-order chi connectivity index (χ0) is 17.5. The molecule has 4 rings (SSSR count). The summed E-state index contributed by atoms with van der Waals surface area (Å²) in [5.41, 5.74) is -1.26. The molecule has 132 valence electrons. The number of aliphatic hydroxyl groups is 1. The van der Waals surface area contributed by atoms with Gasteiger partial charge in [0.25, 0.3) is 0 Å². The molecule has 0 amide bonds. The van der Waals surface area contributed by atoms with Crippen molar-refractivity contribution in [2.45, 2.75) is 64.4 Å². The fourth-order valence-corrected chi connectivity index (χ4v) is 7.79. The lowest BCUT2D eigenvalue weighted by Crippen LogP contribution is -2.49. The lowest BCUT2D eigenvalue weighted by Gasteiger charge is -2.50. The van der Waals surface area contributed by atoms with Crippen molar-refractivity contribution >= 4 is 12.3 Å². The number of aldehydes is 1. The molecule has 4 aliphatic rings. The van der Waals surface area contributed by atoms with E-state index in [4.69, 9.17) is 0 Å². The number of aliphatic carboxylic acids is 1. The quantitative estimate of drug-likeness (QED) is 0.601. The van der Waals surface area contributed by atoms with Gasteiger partial charge in [-0.1, -0.05) is 19.9 Å². The van der Waals surface area contributed by atoms with Crippen molar-refractivity contribution in [3.05, 3.63) is 12.2 Å². The first-order valence-corrected chi connectivity index (χ1v) is 9.23. The van der Waals surface area contributed by atoms with Crippen molar-refractivity contribution in [1.82, 2.24) is 0 Å². The van der Waals surface area contributed by atoms with Crippen LogP contribution in [0.1, 0.15) is 58.8 Å². The fourth-order valence-electron chi connectivity index (χ4n) is 7.79. The number of carbonyl (C=O) groups is 2. The summed E-state index contributed by atoms with van der Waals surface area (Å²) in [5.74, 6) is -0.900. The molecule has 1 spiro atoms. The highest BCUT2D eigenvalue weighted by molar-refractivity contribution is 5.76. The fraction of sp³-hybridized carbons (Fsp3) is 0.800. The summed E-state index contributed by atoms with van der Waals surface area (Å²) < 4.78 is 0. The second-order valence-electron chi connectivity index (χ2n) is 9.53. The third-order valence-electron chi connectivity index (χ3n) is 8.63. The van der Waals surface area contributed by atoms with Gasteiger partial charge in [-0.3, -0.25) is 4.79 Å². The largest absolute Gasteiger partial charge is 0.481 e. The van der Waals surface area contributed by atoms with Crippen LogP contribution in [0.3, 0.4) is 0 Å². The minimum Gasteiger partial charge on any atom is -0.481 e. The summed E-state index contributed by atoms with van der Waals surface area (Å²) in [7, 11) is 0. The second-order valence-corrected chi connectivity index (χ2v) is 9.53. The van der Waals surface area contributed by atoms with E-state index >= 15 is 0 Å². The van der Waals surface area contributed by atoms with Crippen LogP contribution in [0.2, 0.25) is 0 Å². The van der Waals surface area contributed by atoms with Crippen molar-refractivity contribution < 1.29 is 19.8 Å². The monoisotopic (exact) mass is 332 g/mol. The molecule has 2 N–H and O–H groups in total. The Morgan fingerprint density at radius 1 is 1.29 bits per heavy atom.